The summed E-state index contributed by atoms with van der Waals surface area (Å²) >= 11 is 0. The second-order valence-electron chi connectivity index (χ2n) is 8.73. The summed E-state index contributed by atoms with van der Waals surface area (Å²) < 4.78 is 5.54. The fourth-order valence-corrected chi connectivity index (χ4v) is 19.8. The Hall–Kier alpha value is -0.252. The van der Waals surface area contributed by atoms with Crippen molar-refractivity contribution < 1.29 is 0 Å². The van der Waals surface area contributed by atoms with Crippen molar-refractivity contribution in [3.63, 3.8) is 0 Å². The molecule has 0 N–H and O–H groups in total. The van der Waals surface area contributed by atoms with Crippen LogP contribution in [0.2, 0.25) is 52.4 Å². The Labute approximate surface area is 156 Å². The van der Waals surface area contributed by atoms with Crippen molar-refractivity contribution >= 4 is 32.9 Å². The summed E-state index contributed by atoms with van der Waals surface area (Å²) in [6.45, 7) is 37.9. The van der Waals surface area contributed by atoms with Gasteiger partial charge in [0.1, 0.15) is 32.9 Å². The Balaban J connectivity index is 5.72. The van der Waals surface area contributed by atoms with Crippen molar-refractivity contribution in [3.8, 4) is 0 Å². The molecule has 0 saturated carbocycles. The summed E-state index contributed by atoms with van der Waals surface area (Å²) in [5.74, 6) is 0. The zero-order valence-electron chi connectivity index (χ0n) is 17.4. The summed E-state index contributed by atoms with van der Waals surface area (Å²) in [6, 6.07) is 0. The second-order valence-corrected chi connectivity index (χ2v) is 26.7. The summed E-state index contributed by atoms with van der Waals surface area (Å²) in [5, 5.41) is 0. The number of nitrogens with zero attached hydrogens (tertiary/aromatic N) is 2. The van der Waals surface area contributed by atoms with Crippen molar-refractivity contribution in [1.82, 2.24) is 8.46 Å². The fraction of sp³-hybridized carbons (Fsp3) is 0.556. The largest absolute Gasteiger partial charge is 0.338 e. The molecule has 0 rings (SSSR count). The van der Waals surface area contributed by atoms with Gasteiger partial charge >= 0.3 is 0 Å². The quantitative estimate of drug-likeness (QED) is 0.436. The molecule has 0 aliphatic rings. The highest BCUT2D eigenvalue weighted by Crippen LogP contribution is 2.25. The maximum absolute atomic E-state index is 4.14. The lowest BCUT2D eigenvalue weighted by Gasteiger charge is -2.49. The molecule has 0 bridgehead atoms. The van der Waals surface area contributed by atoms with Gasteiger partial charge in [0.15, 0.2) is 0 Å². The lowest BCUT2D eigenvalue weighted by atomic mass is 10.7. The average Bonchev–Trinajstić information content (AvgIpc) is 2.50. The molecule has 0 aromatic rings. The molecule has 0 aliphatic carbocycles. The van der Waals surface area contributed by atoms with Crippen molar-refractivity contribution in [3.05, 3.63) is 49.1 Å². The van der Waals surface area contributed by atoms with Crippen LogP contribution >= 0.6 is 0 Å². The van der Waals surface area contributed by atoms with Gasteiger partial charge in [-0.3, -0.25) is 0 Å². The van der Waals surface area contributed by atoms with Crippen molar-refractivity contribution in [2.45, 2.75) is 52.4 Å². The number of hydrogen-bond donors (Lipinski definition) is 0. The highest BCUT2D eigenvalue weighted by Gasteiger charge is 2.41. The zero-order valence-corrected chi connectivity index (χ0v) is 21.4. The molecule has 0 spiro atoms. The lowest BCUT2D eigenvalue weighted by Crippen LogP contribution is -2.66. The topological polar surface area (TPSA) is 6.48 Å². The minimum atomic E-state index is -1.63. The Morgan fingerprint density at radius 1 is 0.500 bits per heavy atom. The second kappa shape index (κ2) is 8.42. The highest BCUT2D eigenvalue weighted by atomic mass is 28.4. The molecule has 0 heterocycles. The smallest absolute Gasteiger partial charge is 0.139 e. The van der Waals surface area contributed by atoms with E-state index in [1.807, 2.05) is 0 Å². The molecule has 6 heteroatoms. The normalized spacial score (nSPS) is 13.9. The van der Waals surface area contributed by atoms with E-state index in [0.717, 1.165) is 13.1 Å². The van der Waals surface area contributed by atoms with Gasteiger partial charge in [0.25, 0.3) is 0 Å². The van der Waals surface area contributed by atoms with Crippen molar-refractivity contribution in [2.75, 3.05) is 13.1 Å². The van der Waals surface area contributed by atoms with Crippen LogP contribution in [0, 0.1) is 0 Å². The molecular formula is C18H40N2Si4. The Kier molecular flexibility index (Phi) is 8.33. The zero-order chi connectivity index (χ0) is 19.4. The van der Waals surface area contributed by atoms with E-state index in [1.165, 1.54) is 0 Å². The van der Waals surface area contributed by atoms with Crippen LogP contribution in [0.15, 0.2) is 49.1 Å². The van der Waals surface area contributed by atoms with Crippen LogP contribution in [0.25, 0.3) is 0 Å². The molecule has 2 nitrogen and oxygen atoms in total. The van der Waals surface area contributed by atoms with E-state index in [-0.39, 0.29) is 0 Å². The maximum atomic E-state index is 4.14. The van der Waals surface area contributed by atoms with Crippen LogP contribution in [0.4, 0.5) is 0 Å². The number of hydrogen-bond acceptors (Lipinski definition) is 2. The van der Waals surface area contributed by atoms with Gasteiger partial charge in [-0.1, -0.05) is 75.2 Å². The highest BCUT2D eigenvalue weighted by molar-refractivity contribution is 6.96. The molecule has 24 heavy (non-hydrogen) atoms. The summed E-state index contributed by atoms with van der Waals surface area (Å²) in [5.41, 5.74) is 8.84. The molecule has 0 aliphatic heterocycles. The van der Waals surface area contributed by atoms with E-state index in [4.69, 9.17) is 0 Å². The van der Waals surface area contributed by atoms with Gasteiger partial charge in [-0.2, -0.15) is 0 Å². The van der Waals surface area contributed by atoms with Crippen LogP contribution in [-0.4, -0.2) is 54.5 Å². The van der Waals surface area contributed by atoms with Crippen molar-refractivity contribution in [1.29, 1.82) is 0 Å². The van der Waals surface area contributed by atoms with E-state index < -0.39 is 32.9 Å². The van der Waals surface area contributed by atoms with E-state index in [2.05, 4.69) is 110 Å². The van der Waals surface area contributed by atoms with Gasteiger partial charge in [0, 0.05) is 0 Å². The molecule has 0 fully saturated rings. The minimum absolute atomic E-state index is 1.09. The molecule has 0 unspecified atom stereocenters. The van der Waals surface area contributed by atoms with Gasteiger partial charge in [-0.25, -0.2) is 0 Å². The van der Waals surface area contributed by atoms with Gasteiger partial charge < -0.3 is 8.46 Å². The lowest BCUT2D eigenvalue weighted by molar-refractivity contribution is 0.523. The van der Waals surface area contributed by atoms with E-state index >= 15 is 0 Å². The standard InChI is InChI=1S/C18H40N2Si4/c1-13-21(5,6)19(22(7,8)14-2)17-18-20(23(9,10)15-3)24(11,12)16-4/h13-16H,1-4,17-18H2,5-12H3. The molecule has 138 valence electrons. The molecule has 0 atom stereocenters. The fourth-order valence-electron chi connectivity index (χ4n) is 3.28. The Bertz CT molecular complexity index is 397. The Morgan fingerprint density at radius 3 is 0.792 bits per heavy atom. The minimum Gasteiger partial charge on any atom is -0.338 e. The van der Waals surface area contributed by atoms with Gasteiger partial charge in [0.05, 0.1) is 0 Å². The molecule has 0 radical (unpaired) electrons. The van der Waals surface area contributed by atoms with Gasteiger partial charge in [0.2, 0.25) is 0 Å². The number of rotatable bonds is 11. The van der Waals surface area contributed by atoms with E-state index in [0.29, 0.717) is 0 Å². The third-order valence-corrected chi connectivity index (χ3v) is 22.7. The summed E-state index contributed by atoms with van der Waals surface area (Å²) in [6.07, 6.45) is 0. The van der Waals surface area contributed by atoms with Crippen LogP contribution in [0.1, 0.15) is 0 Å². The first-order valence-corrected chi connectivity index (χ1v) is 20.9. The first kappa shape index (κ1) is 23.7. The van der Waals surface area contributed by atoms with Crippen molar-refractivity contribution in [2.24, 2.45) is 0 Å². The van der Waals surface area contributed by atoms with Crippen LogP contribution < -0.4 is 0 Å². The third-order valence-electron chi connectivity index (χ3n) is 5.33. The molecule has 0 amide bonds. The molecule has 0 aromatic carbocycles. The monoisotopic (exact) mass is 396 g/mol. The predicted molar refractivity (Wildman–Crippen MR) is 124 cm³/mol. The Morgan fingerprint density at radius 2 is 0.667 bits per heavy atom. The van der Waals surface area contributed by atoms with E-state index in [1.54, 1.807) is 0 Å². The van der Waals surface area contributed by atoms with Gasteiger partial charge in [-0.05, 0) is 13.1 Å². The van der Waals surface area contributed by atoms with Crippen LogP contribution in [-0.2, 0) is 0 Å². The average molecular weight is 397 g/mol. The van der Waals surface area contributed by atoms with Crippen LogP contribution in [0.3, 0.4) is 0 Å². The third kappa shape index (κ3) is 5.64. The maximum Gasteiger partial charge on any atom is 0.139 e. The molecular weight excluding hydrogens is 357 g/mol. The predicted octanol–water partition coefficient (Wildman–Crippen LogP) is 5.31. The molecule has 0 saturated heterocycles. The van der Waals surface area contributed by atoms with Gasteiger partial charge in [-0.15, -0.1) is 26.3 Å². The first-order valence-electron chi connectivity index (χ1n) is 8.81. The summed E-state index contributed by atoms with van der Waals surface area (Å²) in [7, 11) is -6.51. The summed E-state index contributed by atoms with van der Waals surface area (Å²) in [4.78, 5) is 0. The SMILES string of the molecule is C=C[Si](C)(C)N(CCN([Si](C)(C)C=C)[Si](C)(C)C=C)[Si](C)(C)C=C. The first-order chi connectivity index (χ1) is 10.7. The van der Waals surface area contributed by atoms with E-state index in [9.17, 15) is 0 Å². The van der Waals surface area contributed by atoms with Crippen LogP contribution in [0.5, 0.6) is 0 Å². The molecule has 0 aromatic heterocycles.